The summed E-state index contributed by atoms with van der Waals surface area (Å²) in [6.45, 7) is 11.6. The summed E-state index contributed by atoms with van der Waals surface area (Å²) in [4.78, 5) is 0. The first-order valence-corrected chi connectivity index (χ1v) is 8.02. The van der Waals surface area contributed by atoms with E-state index in [1.807, 2.05) is 0 Å². The fourth-order valence-electron chi connectivity index (χ4n) is 1.87. The zero-order chi connectivity index (χ0) is 15.0. The van der Waals surface area contributed by atoms with Gasteiger partial charge in [-0.3, -0.25) is 0 Å². The van der Waals surface area contributed by atoms with Crippen molar-refractivity contribution in [2.45, 2.75) is 40.2 Å². The first kappa shape index (κ1) is 17.5. The summed E-state index contributed by atoms with van der Waals surface area (Å²) in [5, 5.41) is 3.36. The molecule has 0 unspecified atom stereocenters. The average molecular weight is 344 g/mol. The topological polar surface area (TPSA) is 30.5 Å². The molecule has 0 spiro atoms. The molecule has 1 aromatic carbocycles. The molecule has 0 saturated carbocycles. The van der Waals surface area contributed by atoms with Crippen LogP contribution in [0.25, 0.3) is 0 Å². The number of rotatable bonds is 9. The van der Waals surface area contributed by atoms with E-state index in [1.165, 1.54) is 11.1 Å². The van der Waals surface area contributed by atoms with Crippen molar-refractivity contribution in [3.63, 3.8) is 0 Å². The predicted molar refractivity (Wildman–Crippen MR) is 87.7 cm³/mol. The molecule has 4 heteroatoms. The molecule has 0 saturated heterocycles. The molecule has 0 atom stereocenters. The lowest BCUT2D eigenvalue weighted by Gasteiger charge is -2.11. The highest BCUT2D eigenvalue weighted by atomic mass is 79.9. The SMILES string of the molecule is Cc1cc(OCCNCCCOC(C)C)cc(C)c1Br. The minimum absolute atomic E-state index is 0.321. The number of aryl methyl sites for hydroxylation is 2. The molecule has 0 bridgehead atoms. The second-order valence-electron chi connectivity index (χ2n) is 5.24. The van der Waals surface area contributed by atoms with Crippen molar-refractivity contribution in [2.75, 3.05) is 26.3 Å². The lowest BCUT2D eigenvalue weighted by molar-refractivity contribution is 0.0770. The predicted octanol–water partition coefficient (Wildman–Crippen LogP) is 3.85. The maximum atomic E-state index is 5.75. The minimum Gasteiger partial charge on any atom is -0.492 e. The van der Waals surface area contributed by atoms with Crippen LogP contribution in [-0.4, -0.2) is 32.4 Å². The first-order valence-electron chi connectivity index (χ1n) is 7.22. The van der Waals surface area contributed by atoms with Crippen molar-refractivity contribution in [1.29, 1.82) is 0 Å². The smallest absolute Gasteiger partial charge is 0.119 e. The zero-order valence-corrected chi connectivity index (χ0v) is 14.5. The van der Waals surface area contributed by atoms with Crippen LogP contribution in [0.15, 0.2) is 16.6 Å². The Balaban J connectivity index is 2.13. The van der Waals surface area contributed by atoms with E-state index in [2.05, 4.69) is 61.1 Å². The van der Waals surface area contributed by atoms with Gasteiger partial charge in [-0.15, -0.1) is 0 Å². The second kappa shape index (κ2) is 9.37. The van der Waals surface area contributed by atoms with Crippen LogP contribution >= 0.6 is 15.9 Å². The fraction of sp³-hybridized carbons (Fsp3) is 0.625. The van der Waals surface area contributed by atoms with Crippen LogP contribution in [0.5, 0.6) is 5.75 Å². The largest absolute Gasteiger partial charge is 0.492 e. The van der Waals surface area contributed by atoms with Crippen LogP contribution in [0, 0.1) is 13.8 Å². The van der Waals surface area contributed by atoms with Crippen molar-refractivity contribution in [3.05, 3.63) is 27.7 Å². The molecule has 0 amide bonds. The van der Waals surface area contributed by atoms with Gasteiger partial charge in [0.2, 0.25) is 0 Å². The molecule has 0 aliphatic heterocycles. The second-order valence-corrected chi connectivity index (χ2v) is 6.04. The third-order valence-electron chi connectivity index (χ3n) is 2.91. The highest BCUT2D eigenvalue weighted by molar-refractivity contribution is 9.10. The molecule has 0 fully saturated rings. The standard InChI is InChI=1S/C16H26BrNO2/c1-12(2)19-8-5-6-18-7-9-20-15-10-13(3)16(17)14(4)11-15/h10-12,18H,5-9H2,1-4H3. The van der Waals surface area contributed by atoms with Crippen molar-refractivity contribution in [2.24, 2.45) is 0 Å². The Kier molecular flexibility index (Phi) is 8.19. The van der Waals surface area contributed by atoms with Crippen LogP contribution in [0.1, 0.15) is 31.4 Å². The zero-order valence-electron chi connectivity index (χ0n) is 13.0. The van der Waals surface area contributed by atoms with Gasteiger partial charge in [-0.2, -0.15) is 0 Å². The van der Waals surface area contributed by atoms with Crippen molar-refractivity contribution >= 4 is 15.9 Å². The van der Waals surface area contributed by atoms with Crippen molar-refractivity contribution in [3.8, 4) is 5.75 Å². The van der Waals surface area contributed by atoms with E-state index in [0.717, 1.165) is 36.3 Å². The van der Waals surface area contributed by atoms with E-state index in [9.17, 15) is 0 Å². The summed E-state index contributed by atoms with van der Waals surface area (Å²) < 4.78 is 12.4. The molecule has 3 nitrogen and oxygen atoms in total. The number of nitrogens with one attached hydrogen (secondary N) is 1. The average Bonchev–Trinajstić information content (AvgIpc) is 2.38. The quantitative estimate of drug-likeness (QED) is 0.691. The van der Waals surface area contributed by atoms with Gasteiger partial charge in [0.05, 0.1) is 6.10 Å². The molecular weight excluding hydrogens is 318 g/mol. The normalized spacial score (nSPS) is 11.1. The first-order chi connectivity index (χ1) is 9.50. The fourth-order valence-corrected chi connectivity index (χ4v) is 2.10. The summed E-state index contributed by atoms with van der Waals surface area (Å²) in [6.07, 6.45) is 1.36. The Labute approximate surface area is 131 Å². The van der Waals surface area contributed by atoms with Gasteiger partial charge in [0.25, 0.3) is 0 Å². The molecule has 20 heavy (non-hydrogen) atoms. The van der Waals surface area contributed by atoms with E-state index in [0.29, 0.717) is 12.7 Å². The molecule has 1 aromatic rings. The third kappa shape index (κ3) is 6.73. The lowest BCUT2D eigenvalue weighted by Crippen LogP contribution is -2.23. The maximum absolute atomic E-state index is 5.75. The Morgan fingerprint density at radius 3 is 2.35 bits per heavy atom. The highest BCUT2D eigenvalue weighted by Crippen LogP contribution is 2.26. The molecular formula is C16H26BrNO2. The van der Waals surface area contributed by atoms with Gasteiger partial charge in [-0.25, -0.2) is 0 Å². The Hall–Kier alpha value is -0.580. The minimum atomic E-state index is 0.321. The summed E-state index contributed by atoms with van der Waals surface area (Å²) in [5.74, 6) is 0.938. The molecule has 1 rings (SSSR count). The van der Waals surface area contributed by atoms with Crippen LogP contribution in [0.3, 0.4) is 0 Å². The molecule has 114 valence electrons. The number of benzene rings is 1. The third-order valence-corrected chi connectivity index (χ3v) is 4.16. The molecule has 0 aromatic heterocycles. The van der Waals surface area contributed by atoms with E-state index in [-0.39, 0.29) is 0 Å². The monoisotopic (exact) mass is 343 g/mol. The van der Waals surface area contributed by atoms with Crippen LogP contribution in [0.2, 0.25) is 0 Å². The van der Waals surface area contributed by atoms with Gasteiger partial charge in [-0.1, -0.05) is 15.9 Å². The lowest BCUT2D eigenvalue weighted by atomic mass is 10.1. The van der Waals surface area contributed by atoms with Gasteiger partial charge in [0.15, 0.2) is 0 Å². The van der Waals surface area contributed by atoms with Gasteiger partial charge >= 0.3 is 0 Å². The van der Waals surface area contributed by atoms with E-state index in [4.69, 9.17) is 9.47 Å². The Morgan fingerprint density at radius 1 is 1.10 bits per heavy atom. The van der Waals surface area contributed by atoms with Crippen LogP contribution in [0.4, 0.5) is 0 Å². The summed E-state index contributed by atoms with van der Waals surface area (Å²) in [5.41, 5.74) is 2.41. The van der Waals surface area contributed by atoms with Gasteiger partial charge in [-0.05, 0) is 63.9 Å². The van der Waals surface area contributed by atoms with E-state index < -0.39 is 0 Å². The summed E-state index contributed by atoms with van der Waals surface area (Å²) in [7, 11) is 0. The number of hydrogen-bond acceptors (Lipinski definition) is 3. The molecule has 0 radical (unpaired) electrons. The van der Waals surface area contributed by atoms with E-state index in [1.54, 1.807) is 0 Å². The number of halogens is 1. The van der Waals surface area contributed by atoms with Gasteiger partial charge < -0.3 is 14.8 Å². The number of hydrogen-bond donors (Lipinski definition) is 1. The maximum Gasteiger partial charge on any atom is 0.119 e. The number of ether oxygens (including phenoxy) is 2. The summed E-state index contributed by atoms with van der Waals surface area (Å²) >= 11 is 3.56. The Morgan fingerprint density at radius 2 is 1.75 bits per heavy atom. The van der Waals surface area contributed by atoms with Gasteiger partial charge in [0, 0.05) is 17.6 Å². The molecule has 0 aliphatic rings. The molecule has 0 aliphatic carbocycles. The van der Waals surface area contributed by atoms with E-state index >= 15 is 0 Å². The van der Waals surface area contributed by atoms with Crippen molar-refractivity contribution < 1.29 is 9.47 Å². The molecule has 1 N–H and O–H groups in total. The molecule has 0 heterocycles. The highest BCUT2D eigenvalue weighted by Gasteiger charge is 2.02. The van der Waals surface area contributed by atoms with Crippen LogP contribution in [-0.2, 0) is 4.74 Å². The van der Waals surface area contributed by atoms with Crippen LogP contribution < -0.4 is 10.1 Å². The summed E-state index contributed by atoms with van der Waals surface area (Å²) in [6, 6.07) is 4.13. The van der Waals surface area contributed by atoms with Gasteiger partial charge in [0.1, 0.15) is 12.4 Å². The Bertz CT molecular complexity index is 384. The van der Waals surface area contributed by atoms with Crippen molar-refractivity contribution in [1.82, 2.24) is 5.32 Å².